The van der Waals surface area contributed by atoms with Crippen LogP contribution in [-0.4, -0.2) is 25.1 Å². The van der Waals surface area contributed by atoms with Gasteiger partial charge in [0.2, 0.25) is 0 Å². The lowest BCUT2D eigenvalue weighted by Gasteiger charge is -2.14. The zero-order valence-electron chi connectivity index (χ0n) is 10.7. The van der Waals surface area contributed by atoms with Gasteiger partial charge in [0, 0.05) is 7.11 Å². The average molecular weight is 246 g/mol. The minimum atomic E-state index is -0.863. The second-order valence-electron chi connectivity index (χ2n) is 3.79. The van der Waals surface area contributed by atoms with Crippen LogP contribution in [0.4, 0.5) is 0 Å². The van der Waals surface area contributed by atoms with Gasteiger partial charge in [0.1, 0.15) is 6.10 Å². The van der Waals surface area contributed by atoms with E-state index in [1.807, 2.05) is 43.3 Å². The van der Waals surface area contributed by atoms with Gasteiger partial charge in [-0.3, -0.25) is 0 Å². The third kappa shape index (κ3) is 4.22. The normalized spacial score (nSPS) is 12.7. The topological polar surface area (TPSA) is 38.7 Å². The van der Waals surface area contributed by atoms with E-state index in [1.54, 1.807) is 0 Å². The van der Waals surface area contributed by atoms with Crippen LogP contribution in [0, 0.1) is 0 Å². The van der Waals surface area contributed by atoms with E-state index in [2.05, 4.69) is 12.3 Å². The maximum atomic E-state index is 10.1. The Hall–Kier alpha value is -1.80. The fourth-order valence-corrected chi connectivity index (χ4v) is 1.45. The summed E-state index contributed by atoms with van der Waals surface area (Å²) in [7, 11) is 1.51. The molecule has 0 fully saturated rings. The molecule has 96 valence electrons. The van der Waals surface area contributed by atoms with Gasteiger partial charge in [-0.1, -0.05) is 48.7 Å². The summed E-state index contributed by atoms with van der Waals surface area (Å²) >= 11 is 0. The molecule has 0 aliphatic carbocycles. The summed E-state index contributed by atoms with van der Waals surface area (Å²) in [5.41, 5.74) is 4.35. The minimum absolute atomic E-state index is 0.0630. The Morgan fingerprint density at radius 1 is 1.44 bits per heavy atom. The predicted octanol–water partition coefficient (Wildman–Crippen LogP) is 2.74. The standard InChI is InChI=1S/C15H18O3/c1-4-14(18-11-17-3)15(16)12(2)10-13-8-6-5-7-9-13/h5-10,15-16H,1,11H2,2-3H3/b12-10+. The van der Waals surface area contributed by atoms with Crippen LogP contribution in [0.3, 0.4) is 0 Å². The van der Waals surface area contributed by atoms with Gasteiger partial charge in [-0.15, -0.1) is 0 Å². The van der Waals surface area contributed by atoms with E-state index in [4.69, 9.17) is 9.47 Å². The fraction of sp³-hybridized carbons (Fsp3) is 0.267. The molecule has 3 heteroatoms. The van der Waals surface area contributed by atoms with Crippen molar-refractivity contribution in [3.63, 3.8) is 0 Å². The molecule has 0 heterocycles. The van der Waals surface area contributed by atoms with Crippen LogP contribution >= 0.6 is 0 Å². The van der Waals surface area contributed by atoms with Crippen molar-refractivity contribution in [2.75, 3.05) is 13.9 Å². The summed E-state index contributed by atoms with van der Waals surface area (Å²) in [6, 6.07) is 9.75. The molecule has 1 unspecified atom stereocenters. The number of aliphatic hydroxyl groups is 1. The lowest BCUT2D eigenvalue weighted by atomic mass is 10.1. The van der Waals surface area contributed by atoms with Crippen LogP contribution in [0.2, 0.25) is 0 Å². The second-order valence-corrected chi connectivity index (χ2v) is 3.79. The first kappa shape index (κ1) is 14.3. The van der Waals surface area contributed by atoms with Crippen molar-refractivity contribution in [1.29, 1.82) is 0 Å². The Labute approximate surface area is 108 Å². The molecule has 0 aliphatic rings. The first-order chi connectivity index (χ1) is 8.69. The number of benzene rings is 1. The monoisotopic (exact) mass is 246 g/mol. The maximum Gasteiger partial charge on any atom is 0.189 e. The molecule has 1 rings (SSSR count). The lowest BCUT2D eigenvalue weighted by molar-refractivity contribution is -0.0134. The van der Waals surface area contributed by atoms with Gasteiger partial charge in [-0.25, -0.2) is 0 Å². The third-order valence-electron chi connectivity index (χ3n) is 2.38. The van der Waals surface area contributed by atoms with Crippen LogP contribution in [0.15, 0.2) is 54.0 Å². The van der Waals surface area contributed by atoms with E-state index in [0.29, 0.717) is 0 Å². The van der Waals surface area contributed by atoms with Crippen molar-refractivity contribution in [3.05, 3.63) is 59.5 Å². The van der Waals surface area contributed by atoms with Crippen LogP contribution in [0.5, 0.6) is 0 Å². The maximum absolute atomic E-state index is 10.1. The highest BCUT2D eigenvalue weighted by Gasteiger charge is 2.13. The van der Waals surface area contributed by atoms with Gasteiger partial charge in [0.15, 0.2) is 12.6 Å². The summed E-state index contributed by atoms with van der Waals surface area (Å²) in [4.78, 5) is 0. The summed E-state index contributed by atoms with van der Waals surface area (Å²) in [6.07, 6.45) is 1.02. The molecule has 0 aliphatic heterocycles. The molecular formula is C15H18O3. The second kappa shape index (κ2) is 7.51. The summed E-state index contributed by atoms with van der Waals surface area (Å²) < 4.78 is 9.97. The predicted molar refractivity (Wildman–Crippen MR) is 71.7 cm³/mol. The Morgan fingerprint density at radius 2 is 2.11 bits per heavy atom. The van der Waals surface area contributed by atoms with Crippen molar-refractivity contribution in [3.8, 4) is 0 Å². The fourth-order valence-electron chi connectivity index (χ4n) is 1.45. The summed E-state index contributed by atoms with van der Waals surface area (Å²) in [6.45, 7) is 5.38. The highest BCUT2D eigenvalue weighted by molar-refractivity contribution is 5.53. The third-order valence-corrected chi connectivity index (χ3v) is 2.38. The minimum Gasteiger partial charge on any atom is -0.461 e. The number of methoxy groups -OCH3 is 1. The number of hydrogen-bond acceptors (Lipinski definition) is 3. The molecule has 0 amide bonds. The number of ether oxygens (including phenoxy) is 2. The zero-order chi connectivity index (χ0) is 13.4. The van der Waals surface area contributed by atoms with Crippen molar-refractivity contribution < 1.29 is 14.6 Å². The first-order valence-electron chi connectivity index (χ1n) is 5.62. The molecule has 0 saturated heterocycles. The molecule has 1 atom stereocenters. The van der Waals surface area contributed by atoms with Gasteiger partial charge in [-0.05, 0) is 18.1 Å². The van der Waals surface area contributed by atoms with Gasteiger partial charge in [0.05, 0.1) is 0 Å². The van der Waals surface area contributed by atoms with Gasteiger partial charge < -0.3 is 14.6 Å². The Bertz CT molecular complexity index is 442. The highest BCUT2D eigenvalue weighted by Crippen LogP contribution is 2.15. The number of hydrogen-bond donors (Lipinski definition) is 1. The average Bonchev–Trinajstić information content (AvgIpc) is 2.40. The molecule has 3 nitrogen and oxygen atoms in total. The molecule has 0 radical (unpaired) electrons. The smallest absolute Gasteiger partial charge is 0.189 e. The highest BCUT2D eigenvalue weighted by atomic mass is 16.7. The van der Waals surface area contributed by atoms with E-state index in [1.165, 1.54) is 7.11 Å². The summed E-state index contributed by atoms with van der Waals surface area (Å²) in [5.74, 6) is 0.265. The molecule has 1 aromatic rings. The Balaban J connectivity index is 2.79. The van der Waals surface area contributed by atoms with Gasteiger partial charge in [0.25, 0.3) is 0 Å². The van der Waals surface area contributed by atoms with Crippen molar-refractivity contribution in [2.24, 2.45) is 0 Å². The SMILES string of the molecule is C=C=C(OCOC)C(O)/C(C)=C/c1ccccc1. The van der Waals surface area contributed by atoms with Crippen molar-refractivity contribution >= 4 is 6.08 Å². The van der Waals surface area contributed by atoms with Gasteiger partial charge >= 0.3 is 0 Å². The summed E-state index contributed by atoms with van der Waals surface area (Å²) in [5, 5.41) is 10.1. The number of rotatable bonds is 6. The van der Waals surface area contributed by atoms with Gasteiger partial charge in [-0.2, -0.15) is 0 Å². The Morgan fingerprint density at radius 3 is 2.67 bits per heavy atom. The zero-order valence-corrected chi connectivity index (χ0v) is 10.7. The van der Waals surface area contributed by atoms with Crippen LogP contribution in [0.25, 0.3) is 6.08 Å². The van der Waals surface area contributed by atoms with Crippen LogP contribution in [-0.2, 0) is 9.47 Å². The van der Waals surface area contributed by atoms with Crippen molar-refractivity contribution in [2.45, 2.75) is 13.0 Å². The molecule has 0 saturated carbocycles. The Kier molecular flexibility index (Phi) is 5.95. The lowest BCUT2D eigenvalue weighted by Crippen LogP contribution is -2.14. The van der Waals surface area contributed by atoms with Crippen molar-refractivity contribution in [1.82, 2.24) is 0 Å². The molecule has 1 N–H and O–H groups in total. The molecular weight excluding hydrogens is 228 g/mol. The van der Waals surface area contributed by atoms with E-state index in [9.17, 15) is 5.11 Å². The van der Waals surface area contributed by atoms with Crippen LogP contribution in [0.1, 0.15) is 12.5 Å². The number of aliphatic hydroxyl groups excluding tert-OH is 1. The molecule has 0 aromatic heterocycles. The molecule has 1 aromatic carbocycles. The quantitative estimate of drug-likeness (QED) is 0.476. The molecule has 0 spiro atoms. The van der Waals surface area contributed by atoms with E-state index in [-0.39, 0.29) is 12.6 Å². The molecule has 18 heavy (non-hydrogen) atoms. The van der Waals surface area contributed by atoms with E-state index < -0.39 is 6.10 Å². The van der Waals surface area contributed by atoms with E-state index >= 15 is 0 Å². The van der Waals surface area contributed by atoms with Crippen LogP contribution < -0.4 is 0 Å². The molecule has 0 bridgehead atoms. The largest absolute Gasteiger partial charge is 0.461 e. The van der Waals surface area contributed by atoms with E-state index in [0.717, 1.165) is 11.1 Å². The first-order valence-corrected chi connectivity index (χ1v) is 5.62.